The van der Waals surface area contributed by atoms with Crippen LogP contribution in [0.25, 0.3) is 5.52 Å². The van der Waals surface area contributed by atoms with Gasteiger partial charge in [0.05, 0.1) is 11.1 Å². The first-order valence-electron chi connectivity index (χ1n) is 10.4. The minimum atomic E-state index is -0.425. The Morgan fingerprint density at radius 1 is 1.03 bits per heavy atom. The number of benzene rings is 2. The van der Waals surface area contributed by atoms with E-state index < -0.39 is 5.56 Å². The van der Waals surface area contributed by atoms with E-state index in [2.05, 4.69) is 5.32 Å². The molecule has 33 heavy (non-hydrogen) atoms. The second-order valence-electron chi connectivity index (χ2n) is 7.24. The maximum atomic E-state index is 14.0. The van der Waals surface area contributed by atoms with Crippen LogP contribution in [0.4, 0.5) is 11.4 Å². The Labute approximate surface area is 196 Å². The van der Waals surface area contributed by atoms with Gasteiger partial charge in [-0.25, -0.2) is 0 Å². The Morgan fingerprint density at radius 3 is 2.36 bits per heavy atom. The smallest absolute Gasteiger partial charge is 0.274 e. The lowest BCUT2D eigenvalue weighted by Gasteiger charge is -2.25. The van der Waals surface area contributed by atoms with Crippen molar-refractivity contribution in [2.24, 2.45) is 0 Å². The number of pyridine rings is 2. The van der Waals surface area contributed by atoms with Crippen LogP contribution in [-0.4, -0.2) is 29.7 Å². The molecule has 1 N–H and O–H groups in total. The van der Waals surface area contributed by atoms with Crippen LogP contribution < -0.4 is 15.8 Å². The van der Waals surface area contributed by atoms with Gasteiger partial charge in [-0.1, -0.05) is 42.5 Å². The van der Waals surface area contributed by atoms with Crippen LogP contribution in [-0.2, 0) is 0 Å². The molecule has 0 saturated carbocycles. The number of nitrogens with zero attached hydrogens (tertiary/aromatic N) is 3. The fourth-order valence-corrected chi connectivity index (χ4v) is 4.48. The minimum absolute atomic E-state index is 0.0232. The standard InChI is InChI=1S/C26H22N4O2S/c1-33-24-21(18-27)25(31)30-16-9-8-14-22(30)23(24)26(32)29(20-12-6-3-7-13-20)17-15-28-19-10-4-2-5-11-19/h2-14,16,28H,15,17H2,1H3. The van der Waals surface area contributed by atoms with Crippen molar-refractivity contribution in [1.29, 1.82) is 5.26 Å². The van der Waals surface area contributed by atoms with Crippen LogP contribution in [0, 0.1) is 11.3 Å². The number of carbonyl (C=O) groups excluding carboxylic acids is 1. The highest BCUT2D eigenvalue weighted by molar-refractivity contribution is 7.98. The molecule has 0 spiro atoms. The first-order valence-corrected chi connectivity index (χ1v) is 11.7. The fourth-order valence-electron chi connectivity index (χ4n) is 3.75. The van der Waals surface area contributed by atoms with E-state index in [4.69, 9.17) is 0 Å². The Morgan fingerprint density at radius 2 is 1.70 bits per heavy atom. The van der Waals surface area contributed by atoms with Crippen molar-refractivity contribution in [2.45, 2.75) is 4.90 Å². The molecule has 7 heteroatoms. The van der Waals surface area contributed by atoms with Crippen LogP contribution >= 0.6 is 11.8 Å². The molecule has 0 bridgehead atoms. The lowest BCUT2D eigenvalue weighted by Crippen LogP contribution is -2.36. The molecule has 6 nitrogen and oxygen atoms in total. The van der Waals surface area contributed by atoms with Crippen molar-refractivity contribution < 1.29 is 4.79 Å². The molecular formula is C26H22N4O2S. The topological polar surface area (TPSA) is 77.6 Å². The molecule has 0 saturated heterocycles. The molecule has 0 aliphatic rings. The summed E-state index contributed by atoms with van der Waals surface area (Å²) in [6.07, 6.45) is 3.36. The monoisotopic (exact) mass is 454 g/mol. The van der Waals surface area contributed by atoms with Crippen molar-refractivity contribution in [1.82, 2.24) is 4.40 Å². The number of fused-ring (bicyclic) bond motifs is 1. The van der Waals surface area contributed by atoms with Gasteiger partial charge in [0.2, 0.25) is 0 Å². The van der Waals surface area contributed by atoms with Gasteiger partial charge in [0, 0.05) is 35.6 Å². The lowest BCUT2D eigenvalue weighted by molar-refractivity contribution is 0.0986. The SMILES string of the molecule is CSc1c(C#N)c(=O)n2ccccc2c1C(=O)N(CCNc1ccccc1)c1ccccc1. The van der Waals surface area contributed by atoms with Crippen LogP contribution in [0.5, 0.6) is 0 Å². The van der Waals surface area contributed by atoms with Crippen LogP contribution in [0.15, 0.2) is 94.7 Å². The van der Waals surface area contributed by atoms with E-state index in [0.717, 1.165) is 11.4 Å². The maximum Gasteiger partial charge on any atom is 0.274 e. The van der Waals surface area contributed by atoms with Crippen LogP contribution in [0.3, 0.4) is 0 Å². The molecular weight excluding hydrogens is 432 g/mol. The first kappa shape index (κ1) is 22.2. The number of carbonyl (C=O) groups is 1. The van der Waals surface area contributed by atoms with Gasteiger partial charge in [0.15, 0.2) is 0 Å². The molecule has 0 aliphatic heterocycles. The zero-order chi connectivity index (χ0) is 23.2. The number of nitrogens with one attached hydrogen (secondary N) is 1. The summed E-state index contributed by atoms with van der Waals surface area (Å²) < 4.78 is 1.37. The summed E-state index contributed by atoms with van der Waals surface area (Å²) in [4.78, 5) is 29.0. The zero-order valence-corrected chi connectivity index (χ0v) is 18.9. The Kier molecular flexibility index (Phi) is 6.77. The zero-order valence-electron chi connectivity index (χ0n) is 18.1. The normalized spacial score (nSPS) is 10.5. The number of aromatic nitrogens is 1. The maximum absolute atomic E-state index is 14.0. The molecule has 2 heterocycles. The van der Waals surface area contributed by atoms with E-state index >= 15 is 0 Å². The molecule has 1 amide bonds. The van der Waals surface area contributed by atoms with Crippen molar-refractivity contribution in [3.05, 3.63) is 107 Å². The van der Waals surface area contributed by atoms with Gasteiger partial charge in [0.1, 0.15) is 11.6 Å². The fraction of sp³-hybridized carbons (Fsp3) is 0.115. The molecule has 0 atom stereocenters. The highest BCUT2D eigenvalue weighted by Crippen LogP contribution is 2.29. The van der Waals surface area contributed by atoms with Crippen molar-refractivity contribution in [2.75, 3.05) is 29.6 Å². The highest BCUT2D eigenvalue weighted by Gasteiger charge is 2.26. The summed E-state index contributed by atoms with van der Waals surface area (Å²) >= 11 is 1.24. The Balaban J connectivity index is 1.80. The van der Waals surface area contributed by atoms with Gasteiger partial charge >= 0.3 is 0 Å². The van der Waals surface area contributed by atoms with E-state index in [-0.39, 0.29) is 11.5 Å². The summed E-state index contributed by atoms with van der Waals surface area (Å²) in [5, 5.41) is 13.0. The van der Waals surface area contributed by atoms with E-state index in [1.165, 1.54) is 16.2 Å². The van der Waals surface area contributed by atoms with E-state index in [9.17, 15) is 14.9 Å². The van der Waals surface area contributed by atoms with Gasteiger partial charge in [0.25, 0.3) is 11.5 Å². The third kappa shape index (κ3) is 4.47. The number of thioether (sulfide) groups is 1. The van der Waals surface area contributed by atoms with E-state index in [1.54, 1.807) is 35.6 Å². The van der Waals surface area contributed by atoms with Gasteiger partial charge in [-0.3, -0.25) is 14.0 Å². The summed E-state index contributed by atoms with van der Waals surface area (Å²) in [5.74, 6) is -0.263. The van der Waals surface area contributed by atoms with Crippen molar-refractivity contribution in [3.63, 3.8) is 0 Å². The Hall–Kier alpha value is -4.02. The van der Waals surface area contributed by atoms with Crippen molar-refractivity contribution >= 4 is 34.6 Å². The largest absolute Gasteiger partial charge is 0.383 e. The van der Waals surface area contributed by atoms with Crippen LogP contribution in [0.2, 0.25) is 0 Å². The van der Waals surface area contributed by atoms with Gasteiger partial charge in [-0.15, -0.1) is 11.8 Å². The Bertz CT molecular complexity index is 1380. The number of amides is 1. The predicted octanol–water partition coefficient (Wildman–Crippen LogP) is 4.65. The molecule has 0 fully saturated rings. The molecule has 2 aromatic carbocycles. The number of rotatable bonds is 7. The second-order valence-corrected chi connectivity index (χ2v) is 8.06. The van der Waals surface area contributed by atoms with Crippen LogP contribution in [0.1, 0.15) is 15.9 Å². The number of hydrogen-bond acceptors (Lipinski definition) is 5. The molecule has 164 valence electrons. The number of anilines is 2. The van der Waals surface area contributed by atoms with Crippen molar-refractivity contribution in [3.8, 4) is 6.07 Å². The highest BCUT2D eigenvalue weighted by atomic mass is 32.2. The third-order valence-corrected chi connectivity index (χ3v) is 6.10. The molecule has 4 rings (SSSR count). The molecule has 4 aromatic rings. The number of hydrogen-bond donors (Lipinski definition) is 1. The molecule has 0 radical (unpaired) electrons. The second kappa shape index (κ2) is 10.1. The van der Waals surface area contributed by atoms with Gasteiger partial charge in [-0.05, 0) is 42.7 Å². The van der Waals surface area contributed by atoms with Gasteiger partial charge in [-0.2, -0.15) is 5.26 Å². The summed E-state index contributed by atoms with van der Waals surface area (Å²) in [6, 6.07) is 26.4. The third-order valence-electron chi connectivity index (χ3n) is 5.28. The summed E-state index contributed by atoms with van der Waals surface area (Å²) in [5.41, 5.74) is 2.08. The first-order chi connectivity index (χ1) is 16.2. The molecule has 0 unspecified atom stereocenters. The number of nitriles is 1. The molecule has 0 aliphatic carbocycles. The summed E-state index contributed by atoms with van der Waals surface area (Å²) in [6.45, 7) is 0.917. The predicted molar refractivity (Wildman–Crippen MR) is 133 cm³/mol. The minimum Gasteiger partial charge on any atom is -0.383 e. The summed E-state index contributed by atoms with van der Waals surface area (Å²) in [7, 11) is 0. The quantitative estimate of drug-likeness (QED) is 0.411. The average Bonchev–Trinajstić information content (AvgIpc) is 2.87. The number of para-hydroxylation sites is 2. The van der Waals surface area contributed by atoms with E-state index in [0.29, 0.717) is 29.1 Å². The lowest BCUT2D eigenvalue weighted by atomic mass is 10.1. The van der Waals surface area contributed by atoms with Gasteiger partial charge < -0.3 is 10.2 Å². The average molecular weight is 455 g/mol. The van der Waals surface area contributed by atoms with E-state index in [1.807, 2.05) is 66.7 Å². The molecule has 2 aromatic heterocycles.